The highest BCUT2D eigenvalue weighted by Crippen LogP contribution is 2.33. The molecule has 1 N–H and O–H groups in total. The van der Waals surface area contributed by atoms with Gasteiger partial charge in [-0.15, -0.1) is 0 Å². The summed E-state index contributed by atoms with van der Waals surface area (Å²) < 4.78 is 55.4. The summed E-state index contributed by atoms with van der Waals surface area (Å²) in [6.45, 7) is 0.443. The maximum absolute atomic E-state index is 15.4. The molecule has 1 heterocycles. The molecule has 1 aliphatic carbocycles. The van der Waals surface area contributed by atoms with Crippen molar-refractivity contribution in [2.45, 2.75) is 44.2 Å². The number of halogens is 2. The lowest BCUT2D eigenvalue weighted by Crippen LogP contribution is -2.49. The van der Waals surface area contributed by atoms with Crippen molar-refractivity contribution in [3.8, 4) is 11.1 Å². The summed E-state index contributed by atoms with van der Waals surface area (Å²) in [5.41, 5.74) is 1.08. The predicted molar refractivity (Wildman–Crippen MR) is 115 cm³/mol. The number of benzene rings is 2. The van der Waals surface area contributed by atoms with Gasteiger partial charge in [-0.05, 0) is 48.9 Å². The molecule has 2 aromatic carbocycles. The minimum absolute atomic E-state index is 0.0238. The molecule has 5 nitrogen and oxygen atoms in total. The topological polar surface area (TPSA) is 66.5 Å². The largest absolute Gasteiger partial charge is 0.337 e. The molecule has 1 aliphatic heterocycles. The van der Waals surface area contributed by atoms with E-state index >= 15 is 4.39 Å². The number of hydrogen-bond donors (Lipinski definition) is 1. The Bertz CT molecular complexity index is 1090. The number of carbonyl (C=O) groups is 1. The molecule has 2 atom stereocenters. The third-order valence-electron chi connectivity index (χ3n) is 6.29. The predicted octanol–water partition coefficient (Wildman–Crippen LogP) is 3.49. The van der Waals surface area contributed by atoms with Crippen LogP contribution in [0.1, 0.15) is 31.2 Å². The maximum Gasteiger partial charge on any atom is 0.225 e. The number of nitrogens with one attached hydrogen (secondary N) is 1. The van der Waals surface area contributed by atoms with Crippen molar-refractivity contribution in [1.29, 1.82) is 0 Å². The molecular weight excluding hydrogens is 422 g/mol. The second-order valence-electron chi connectivity index (χ2n) is 8.51. The Balaban J connectivity index is 1.65. The van der Waals surface area contributed by atoms with Crippen molar-refractivity contribution < 1.29 is 22.0 Å². The Kier molecular flexibility index (Phi) is 6.12. The van der Waals surface area contributed by atoms with E-state index in [0.29, 0.717) is 24.1 Å². The van der Waals surface area contributed by atoms with Crippen molar-refractivity contribution in [2.24, 2.45) is 5.92 Å². The van der Waals surface area contributed by atoms with Gasteiger partial charge in [0.2, 0.25) is 15.9 Å². The minimum Gasteiger partial charge on any atom is -0.337 e. The first-order valence-corrected chi connectivity index (χ1v) is 12.4. The van der Waals surface area contributed by atoms with Crippen molar-refractivity contribution >= 4 is 15.9 Å². The highest BCUT2D eigenvalue weighted by atomic mass is 32.2. The first-order valence-electron chi connectivity index (χ1n) is 10.5. The number of hydrogen-bond acceptors (Lipinski definition) is 3. The Morgan fingerprint density at radius 2 is 1.87 bits per heavy atom. The van der Waals surface area contributed by atoms with Crippen molar-refractivity contribution in [2.75, 3.05) is 12.8 Å². The summed E-state index contributed by atoms with van der Waals surface area (Å²) in [6.07, 6.45) is 4.46. The van der Waals surface area contributed by atoms with Gasteiger partial charge in [-0.2, -0.15) is 0 Å². The quantitative estimate of drug-likeness (QED) is 0.736. The molecule has 166 valence electrons. The lowest BCUT2D eigenvalue weighted by Gasteiger charge is -2.34. The molecule has 31 heavy (non-hydrogen) atoms. The number of rotatable bonds is 6. The van der Waals surface area contributed by atoms with Crippen LogP contribution >= 0.6 is 0 Å². The monoisotopic (exact) mass is 448 g/mol. The summed E-state index contributed by atoms with van der Waals surface area (Å²) in [5.74, 6) is -0.930. The van der Waals surface area contributed by atoms with E-state index in [0.717, 1.165) is 25.5 Å². The zero-order valence-electron chi connectivity index (χ0n) is 17.4. The van der Waals surface area contributed by atoms with E-state index in [2.05, 4.69) is 4.72 Å². The number of carbonyl (C=O) groups excluding carboxylic acids is 1. The molecule has 0 bridgehead atoms. The highest BCUT2D eigenvalue weighted by molar-refractivity contribution is 7.88. The van der Waals surface area contributed by atoms with Crippen LogP contribution in [0.3, 0.4) is 0 Å². The minimum atomic E-state index is -3.48. The van der Waals surface area contributed by atoms with E-state index in [9.17, 15) is 17.6 Å². The van der Waals surface area contributed by atoms with E-state index in [1.165, 1.54) is 18.2 Å². The average Bonchev–Trinajstić information content (AvgIpc) is 3.02. The number of sulfonamides is 1. The fraction of sp³-hybridized carbons (Fsp3) is 0.435. The third kappa shape index (κ3) is 4.80. The van der Waals surface area contributed by atoms with Crippen LogP contribution in [0.2, 0.25) is 0 Å². The molecule has 1 saturated heterocycles. The van der Waals surface area contributed by atoms with Gasteiger partial charge in [0.25, 0.3) is 0 Å². The zero-order chi connectivity index (χ0) is 22.2. The Hall–Kier alpha value is -2.32. The van der Waals surface area contributed by atoms with Gasteiger partial charge in [-0.25, -0.2) is 21.9 Å². The summed E-state index contributed by atoms with van der Waals surface area (Å²) >= 11 is 0. The van der Waals surface area contributed by atoms with E-state index in [1.807, 2.05) is 0 Å². The standard InChI is InChI=1S/C23H26F2N2O3S/c1-31(29,30)26-20-11-12-27(23(28)15-5-2-6-15)21(20)14-17-8-4-10-19(22(17)25)16-7-3-9-18(24)13-16/h3-4,7-10,13,15,20-21,26H,2,5-6,11-12,14H2,1H3/t20-,21-/m0/s1. The SMILES string of the molecule is CS(=O)(=O)N[C@H]1CCN(C(=O)C2CCC2)[C@H]1Cc1cccc(-c2cccc(F)c2)c1F. The van der Waals surface area contributed by atoms with Gasteiger partial charge in [0, 0.05) is 24.1 Å². The van der Waals surface area contributed by atoms with E-state index in [-0.39, 0.29) is 23.8 Å². The lowest BCUT2D eigenvalue weighted by atomic mass is 9.84. The number of nitrogens with zero attached hydrogens (tertiary/aromatic N) is 1. The molecule has 1 saturated carbocycles. The average molecular weight is 449 g/mol. The van der Waals surface area contributed by atoms with Crippen molar-refractivity contribution in [3.63, 3.8) is 0 Å². The fourth-order valence-electron chi connectivity index (χ4n) is 4.52. The van der Waals surface area contributed by atoms with E-state index < -0.39 is 33.7 Å². The molecule has 0 aromatic heterocycles. The molecule has 1 amide bonds. The van der Waals surface area contributed by atoms with Crippen LogP contribution in [0.4, 0.5) is 8.78 Å². The maximum atomic E-state index is 15.4. The molecule has 4 rings (SSSR count). The van der Waals surface area contributed by atoms with Crippen molar-refractivity contribution in [1.82, 2.24) is 9.62 Å². The van der Waals surface area contributed by atoms with Crippen LogP contribution in [0, 0.1) is 17.6 Å². The Morgan fingerprint density at radius 1 is 1.13 bits per heavy atom. The van der Waals surface area contributed by atoms with Gasteiger partial charge in [-0.3, -0.25) is 4.79 Å². The normalized spacial score (nSPS) is 21.8. The summed E-state index contributed by atoms with van der Waals surface area (Å²) in [6, 6.07) is 9.72. The second kappa shape index (κ2) is 8.67. The van der Waals surface area contributed by atoms with E-state index in [1.54, 1.807) is 29.2 Å². The van der Waals surface area contributed by atoms with Gasteiger partial charge >= 0.3 is 0 Å². The van der Waals surface area contributed by atoms with Gasteiger partial charge < -0.3 is 4.90 Å². The van der Waals surface area contributed by atoms with Gasteiger partial charge in [0.15, 0.2) is 0 Å². The summed E-state index contributed by atoms with van der Waals surface area (Å²) in [5, 5.41) is 0. The molecular formula is C23H26F2N2O3S. The molecule has 0 unspecified atom stereocenters. The third-order valence-corrected chi connectivity index (χ3v) is 7.02. The fourth-order valence-corrected chi connectivity index (χ4v) is 5.35. The van der Waals surface area contributed by atoms with Gasteiger partial charge in [0.05, 0.1) is 12.3 Å². The Labute approximate surface area is 181 Å². The van der Waals surface area contributed by atoms with Crippen LogP contribution < -0.4 is 4.72 Å². The number of amides is 1. The first-order chi connectivity index (χ1) is 14.7. The van der Waals surface area contributed by atoms with E-state index in [4.69, 9.17) is 0 Å². The highest BCUT2D eigenvalue weighted by Gasteiger charge is 2.41. The summed E-state index contributed by atoms with van der Waals surface area (Å²) in [4.78, 5) is 14.7. The van der Waals surface area contributed by atoms with Crippen LogP contribution in [0.5, 0.6) is 0 Å². The van der Waals surface area contributed by atoms with Crippen LogP contribution in [0.15, 0.2) is 42.5 Å². The molecule has 8 heteroatoms. The van der Waals surface area contributed by atoms with Gasteiger partial charge in [0.1, 0.15) is 11.6 Å². The molecule has 2 fully saturated rings. The Morgan fingerprint density at radius 3 is 2.52 bits per heavy atom. The summed E-state index contributed by atoms with van der Waals surface area (Å²) in [7, 11) is -3.48. The zero-order valence-corrected chi connectivity index (χ0v) is 18.2. The lowest BCUT2D eigenvalue weighted by molar-refractivity contribution is -0.139. The van der Waals surface area contributed by atoms with Crippen molar-refractivity contribution in [3.05, 3.63) is 59.7 Å². The van der Waals surface area contributed by atoms with Crippen LogP contribution in [0.25, 0.3) is 11.1 Å². The first kappa shape index (κ1) is 21.9. The number of likely N-dealkylation sites (tertiary alicyclic amines) is 1. The molecule has 0 radical (unpaired) electrons. The molecule has 2 aromatic rings. The van der Waals surface area contributed by atoms with Gasteiger partial charge in [-0.1, -0.05) is 36.8 Å². The smallest absolute Gasteiger partial charge is 0.225 e. The second-order valence-corrected chi connectivity index (χ2v) is 10.3. The van der Waals surface area contributed by atoms with Crippen LogP contribution in [-0.2, 0) is 21.2 Å². The molecule has 2 aliphatic rings. The molecule has 0 spiro atoms. The van der Waals surface area contributed by atoms with Crippen LogP contribution in [-0.4, -0.2) is 44.1 Å².